The third kappa shape index (κ3) is 3.59. The van der Waals surface area contributed by atoms with Gasteiger partial charge in [-0.15, -0.1) is 0 Å². The van der Waals surface area contributed by atoms with Gasteiger partial charge in [-0.25, -0.2) is 8.51 Å². The van der Waals surface area contributed by atoms with E-state index in [4.69, 9.17) is 0 Å². The highest BCUT2D eigenvalue weighted by Gasteiger charge is 2.34. The molecule has 1 aromatic rings. The summed E-state index contributed by atoms with van der Waals surface area (Å²) in [5.41, 5.74) is -0.703. The maximum Gasteiger partial charge on any atom is 0.127 e. The molecule has 1 aliphatic rings. The molecule has 96 valence electrons. The van der Waals surface area contributed by atoms with Crippen LogP contribution in [0.25, 0.3) is 0 Å². The molecule has 0 radical (unpaired) electrons. The van der Waals surface area contributed by atoms with E-state index in [2.05, 4.69) is 15.9 Å². The van der Waals surface area contributed by atoms with Crippen LogP contribution in [0.5, 0.6) is 0 Å². The lowest BCUT2D eigenvalue weighted by Gasteiger charge is -2.17. The van der Waals surface area contributed by atoms with E-state index in [1.165, 1.54) is 0 Å². The highest BCUT2D eigenvalue weighted by Crippen LogP contribution is 2.24. The quantitative estimate of drug-likeness (QED) is 0.886. The molecular weight excluding hydrogens is 306 g/mol. The zero-order valence-electron chi connectivity index (χ0n) is 9.52. The van der Waals surface area contributed by atoms with Crippen LogP contribution in [-0.2, 0) is 11.0 Å². The number of rotatable bonds is 2. The minimum Gasteiger partial charge on any atom is -0.412 e. The average molecular weight is 322 g/mol. The molecule has 1 fully saturated rings. The second-order valence-electron chi connectivity index (χ2n) is 4.31. The van der Waals surface area contributed by atoms with Crippen LogP contribution in [0, 0.1) is 0 Å². The Labute approximate surface area is 112 Å². The predicted molar refractivity (Wildman–Crippen MR) is 71.0 cm³/mol. The first-order valence-electron chi connectivity index (χ1n) is 5.13. The molecule has 2 unspecified atom stereocenters. The Balaban J connectivity index is 0.00000144. The maximum absolute atomic E-state index is 12.2. The predicted octanol–water partition coefficient (Wildman–Crippen LogP) is 1.10. The Morgan fingerprint density at radius 1 is 1.41 bits per heavy atom. The summed E-state index contributed by atoms with van der Waals surface area (Å²) in [5.74, 6) is 0. The maximum atomic E-state index is 12.2. The van der Waals surface area contributed by atoms with Gasteiger partial charge >= 0.3 is 0 Å². The van der Waals surface area contributed by atoms with Crippen LogP contribution in [0.4, 0.5) is 0 Å². The standard InChI is InChI=1S/C11H14BrNO2S.H2O/c1-11(14)6-7-13(8-11)16(15)10-4-2-9(12)3-5-10;/h2-5,14H,6-8H2,1H3;1H2. The van der Waals surface area contributed by atoms with Gasteiger partial charge in [0.1, 0.15) is 11.0 Å². The van der Waals surface area contributed by atoms with Crippen LogP contribution in [-0.4, -0.2) is 37.8 Å². The molecule has 1 heterocycles. The molecule has 0 amide bonds. The van der Waals surface area contributed by atoms with Crippen molar-refractivity contribution >= 4 is 26.9 Å². The van der Waals surface area contributed by atoms with E-state index in [1.54, 1.807) is 6.92 Å². The van der Waals surface area contributed by atoms with Crippen LogP contribution >= 0.6 is 15.9 Å². The van der Waals surface area contributed by atoms with Crippen molar-refractivity contribution in [2.75, 3.05) is 13.1 Å². The molecule has 1 aromatic carbocycles. The minimum atomic E-state index is -1.16. The van der Waals surface area contributed by atoms with E-state index in [-0.39, 0.29) is 5.48 Å². The van der Waals surface area contributed by atoms with Crippen molar-refractivity contribution in [1.29, 1.82) is 0 Å². The Morgan fingerprint density at radius 3 is 2.47 bits per heavy atom. The smallest absolute Gasteiger partial charge is 0.127 e. The second kappa shape index (κ2) is 5.58. The number of halogens is 1. The van der Waals surface area contributed by atoms with Crippen molar-refractivity contribution in [2.24, 2.45) is 0 Å². The Bertz CT molecular complexity index is 408. The topological polar surface area (TPSA) is 72.0 Å². The molecule has 2 atom stereocenters. The fourth-order valence-corrected chi connectivity index (χ4v) is 3.33. The number of aliphatic hydroxyl groups is 1. The van der Waals surface area contributed by atoms with Crippen molar-refractivity contribution in [3.8, 4) is 0 Å². The van der Waals surface area contributed by atoms with Gasteiger partial charge in [0.2, 0.25) is 0 Å². The lowest BCUT2D eigenvalue weighted by Crippen LogP contribution is -2.30. The van der Waals surface area contributed by atoms with Crippen LogP contribution in [0.1, 0.15) is 13.3 Å². The first kappa shape index (κ1) is 14.8. The first-order chi connectivity index (χ1) is 7.48. The number of hydrogen-bond acceptors (Lipinski definition) is 2. The van der Waals surface area contributed by atoms with Gasteiger partial charge in [0.15, 0.2) is 0 Å². The summed E-state index contributed by atoms with van der Waals surface area (Å²) in [6.07, 6.45) is 0.676. The third-order valence-corrected chi connectivity index (χ3v) is 4.65. The second-order valence-corrected chi connectivity index (χ2v) is 6.72. The molecule has 4 nitrogen and oxygen atoms in total. The van der Waals surface area contributed by atoms with Crippen LogP contribution < -0.4 is 0 Å². The Morgan fingerprint density at radius 2 is 2.00 bits per heavy atom. The van der Waals surface area contributed by atoms with E-state index in [0.717, 1.165) is 9.37 Å². The molecule has 17 heavy (non-hydrogen) atoms. The fraction of sp³-hybridized carbons (Fsp3) is 0.455. The minimum absolute atomic E-state index is 0. The van der Waals surface area contributed by atoms with Gasteiger partial charge in [0, 0.05) is 17.6 Å². The summed E-state index contributed by atoms with van der Waals surface area (Å²) < 4.78 is 14.9. The lowest BCUT2D eigenvalue weighted by molar-refractivity contribution is 0.0767. The lowest BCUT2D eigenvalue weighted by atomic mass is 10.1. The molecule has 1 saturated heterocycles. The van der Waals surface area contributed by atoms with Gasteiger partial charge < -0.3 is 10.6 Å². The normalized spacial score (nSPS) is 26.5. The molecule has 0 bridgehead atoms. The summed E-state index contributed by atoms with van der Waals surface area (Å²) in [6, 6.07) is 7.43. The molecule has 0 aromatic heterocycles. The highest BCUT2D eigenvalue weighted by molar-refractivity contribution is 9.10. The molecule has 1 aliphatic heterocycles. The van der Waals surface area contributed by atoms with Crippen molar-refractivity contribution < 1.29 is 14.8 Å². The monoisotopic (exact) mass is 321 g/mol. The number of β-amino-alcohol motifs (C(OH)–C–C–N with tert-alkyl or cyclic N) is 1. The average Bonchev–Trinajstić information content (AvgIpc) is 2.59. The first-order valence-corrected chi connectivity index (χ1v) is 7.03. The van der Waals surface area contributed by atoms with E-state index in [1.807, 2.05) is 28.6 Å². The molecular formula is C11H16BrNO3S. The van der Waals surface area contributed by atoms with Crippen molar-refractivity contribution in [3.63, 3.8) is 0 Å². The van der Waals surface area contributed by atoms with Crippen molar-refractivity contribution in [3.05, 3.63) is 28.7 Å². The van der Waals surface area contributed by atoms with Gasteiger partial charge in [-0.2, -0.15) is 0 Å². The summed E-state index contributed by atoms with van der Waals surface area (Å²) in [4.78, 5) is 0.779. The fourth-order valence-electron chi connectivity index (χ4n) is 1.75. The van der Waals surface area contributed by atoms with Gasteiger partial charge in [-0.05, 0) is 37.6 Å². The summed E-state index contributed by atoms with van der Waals surface area (Å²) in [5, 5.41) is 9.82. The summed E-state index contributed by atoms with van der Waals surface area (Å²) in [6.45, 7) is 2.93. The van der Waals surface area contributed by atoms with Gasteiger partial charge in [0.25, 0.3) is 0 Å². The van der Waals surface area contributed by atoms with Crippen LogP contribution in [0.15, 0.2) is 33.6 Å². The van der Waals surface area contributed by atoms with E-state index < -0.39 is 16.6 Å². The van der Waals surface area contributed by atoms with Crippen LogP contribution in [0.2, 0.25) is 0 Å². The molecule has 0 spiro atoms. The Kier molecular flexibility index (Phi) is 4.86. The molecule has 0 aliphatic carbocycles. The Hall–Kier alpha value is -0.270. The molecule has 6 heteroatoms. The van der Waals surface area contributed by atoms with Crippen molar-refractivity contribution in [2.45, 2.75) is 23.8 Å². The van der Waals surface area contributed by atoms with E-state index >= 15 is 0 Å². The zero-order chi connectivity index (χ0) is 11.8. The number of hydrogen-bond donors (Lipinski definition) is 1. The van der Waals surface area contributed by atoms with Gasteiger partial charge in [-0.3, -0.25) is 0 Å². The van der Waals surface area contributed by atoms with Crippen LogP contribution in [0.3, 0.4) is 0 Å². The molecule has 0 saturated carbocycles. The summed E-state index contributed by atoms with van der Waals surface area (Å²) >= 11 is 3.34. The highest BCUT2D eigenvalue weighted by atomic mass is 79.9. The SMILES string of the molecule is CC1(O)CCN(S(=O)c2ccc(Br)cc2)C1.O. The molecule has 2 rings (SSSR count). The van der Waals surface area contributed by atoms with E-state index in [0.29, 0.717) is 19.5 Å². The van der Waals surface area contributed by atoms with Gasteiger partial charge in [0.05, 0.1) is 10.5 Å². The number of nitrogens with zero attached hydrogens (tertiary/aromatic N) is 1. The van der Waals surface area contributed by atoms with Gasteiger partial charge in [-0.1, -0.05) is 15.9 Å². The zero-order valence-corrected chi connectivity index (χ0v) is 11.9. The third-order valence-electron chi connectivity index (χ3n) is 2.67. The largest absolute Gasteiger partial charge is 0.412 e. The van der Waals surface area contributed by atoms with Crippen molar-refractivity contribution in [1.82, 2.24) is 4.31 Å². The number of benzene rings is 1. The summed E-state index contributed by atoms with van der Waals surface area (Å²) in [7, 11) is -1.16. The molecule has 3 N–H and O–H groups in total. The van der Waals surface area contributed by atoms with E-state index in [9.17, 15) is 9.32 Å².